The van der Waals surface area contributed by atoms with Crippen molar-refractivity contribution in [1.29, 1.82) is 0 Å². The van der Waals surface area contributed by atoms with E-state index in [2.05, 4.69) is 4.98 Å². The number of amides is 1. The summed E-state index contributed by atoms with van der Waals surface area (Å²) < 4.78 is 0. The number of pyridine rings is 1. The Bertz CT molecular complexity index is 374. The van der Waals surface area contributed by atoms with Gasteiger partial charge in [-0.1, -0.05) is 17.7 Å². The molecule has 0 fully saturated rings. The Morgan fingerprint density at radius 3 is 3.00 bits per heavy atom. The number of carbonyl (C=O) groups is 1. The van der Waals surface area contributed by atoms with E-state index in [1.54, 1.807) is 18.3 Å². The molecule has 0 aliphatic rings. The molecule has 0 aliphatic carbocycles. The lowest BCUT2D eigenvalue weighted by molar-refractivity contribution is -0.117. The second kappa shape index (κ2) is 4.77. The molecule has 0 bridgehead atoms. The molecule has 14 heavy (non-hydrogen) atoms. The summed E-state index contributed by atoms with van der Waals surface area (Å²) in [6, 6.07) is 1.82. The lowest BCUT2D eigenvalue weighted by Gasteiger charge is -1.98. The second-order valence-electron chi connectivity index (χ2n) is 2.93. The summed E-state index contributed by atoms with van der Waals surface area (Å²) in [6.45, 7) is 1.91. The molecule has 0 unspecified atom stereocenters. The Morgan fingerprint density at radius 1 is 1.71 bits per heavy atom. The van der Waals surface area contributed by atoms with Crippen LogP contribution in [0, 0.1) is 6.92 Å². The molecule has 74 valence electrons. The summed E-state index contributed by atoms with van der Waals surface area (Å²) in [7, 11) is 0. The average molecular weight is 211 g/mol. The first-order valence-corrected chi connectivity index (χ1v) is 4.54. The van der Waals surface area contributed by atoms with Gasteiger partial charge in [0.2, 0.25) is 5.91 Å². The van der Waals surface area contributed by atoms with Crippen LogP contribution in [-0.2, 0) is 4.79 Å². The molecule has 0 saturated carbocycles. The van der Waals surface area contributed by atoms with Crippen molar-refractivity contribution in [2.75, 3.05) is 0 Å². The van der Waals surface area contributed by atoms with Gasteiger partial charge >= 0.3 is 0 Å². The standard InChI is InChI=1S/C10H11ClN2O/c1-7-5-8(11)6-13-9(7)3-2-4-10(12)14/h2-3,5-6H,4H2,1H3,(H2,12,14). The van der Waals surface area contributed by atoms with Crippen molar-refractivity contribution >= 4 is 23.6 Å². The minimum absolute atomic E-state index is 0.226. The van der Waals surface area contributed by atoms with Gasteiger partial charge in [0.1, 0.15) is 0 Å². The number of carbonyl (C=O) groups excluding carboxylic acids is 1. The molecule has 4 heteroatoms. The second-order valence-corrected chi connectivity index (χ2v) is 3.36. The molecular weight excluding hydrogens is 200 g/mol. The van der Waals surface area contributed by atoms with Crippen LogP contribution in [0.2, 0.25) is 5.02 Å². The zero-order chi connectivity index (χ0) is 10.6. The van der Waals surface area contributed by atoms with Crippen molar-refractivity contribution in [3.8, 4) is 0 Å². The summed E-state index contributed by atoms with van der Waals surface area (Å²) in [4.78, 5) is 14.6. The number of primary amides is 1. The van der Waals surface area contributed by atoms with Crippen LogP contribution in [0.4, 0.5) is 0 Å². The Balaban J connectivity index is 2.76. The first-order chi connectivity index (χ1) is 6.59. The third kappa shape index (κ3) is 3.18. The molecule has 1 aromatic heterocycles. The van der Waals surface area contributed by atoms with E-state index in [-0.39, 0.29) is 12.3 Å². The van der Waals surface area contributed by atoms with Crippen LogP contribution < -0.4 is 5.73 Å². The number of aryl methyl sites for hydroxylation is 1. The Morgan fingerprint density at radius 2 is 2.43 bits per heavy atom. The summed E-state index contributed by atoms with van der Waals surface area (Å²) >= 11 is 5.74. The molecule has 0 saturated heterocycles. The van der Waals surface area contributed by atoms with Gasteiger partial charge in [0.05, 0.1) is 10.7 Å². The number of nitrogens with two attached hydrogens (primary N) is 1. The molecule has 1 amide bonds. The fourth-order valence-electron chi connectivity index (χ4n) is 1.01. The summed E-state index contributed by atoms with van der Waals surface area (Å²) in [5.74, 6) is -0.354. The molecule has 1 rings (SSSR count). The van der Waals surface area contributed by atoms with Crippen molar-refractivity contribution in [1.82, 2.24) is 4.98 Å². The smallest absolute Gasteiger partial charge is 0.221 e. The van der Waals surface area contributed by atoms with Crippen molar-refractivity contribution in [2.45, 2.75) is 13.3 Å². The van der Waals surface area contributed by atoms with E-state index in [1.165, 1.54) is 0 Å². The highest BCUT2D eigenvalue weighted by Crippen LogP contribution is 2.13. The van der Waals surface area contributed by atoms with Crippen LogP contribution >= 0.6 is 11.6 Å². The van der Waals surface area contributed by atoms with Crippen LogP contribution in [0.3, 0.4) is 0 Å². The maximum Gasteiger partial charge on any atom is 0.221 e. The molecule has 0 spiro atoms. The summed E-state index contributed by atoms with van der Waals surface area (Å²) in [5, 5.41) is 0.606. The fraction of sp³-hybridized carbons (Fsp3) is 0.200. The zero-order valence-corrected chi connectivity index (χ0v) is 8.58. The number of hydrogen-bond donors (Lipinski definition) is 1. The molecular formula is C10H11ClN2O. The molecule has 0 atom stereocenters. The monoisotopic (exact) mass is 210 g/mol. The summed E-state index contributed by atoms with van der Waals surface area (Å²) in [6.07, 6.45) is 5.24. The lowest BCUT2D eigenvalue weighted by atomic mass is 10.2. The maximum atomic E-state index is 10.5. The first-order valence-electron chi connectivity index (χ1n) is 4.16. The third-order valence-electron chi connectivity index (χ3n) is 1.68. The maximum absolute atomic E-state index is 10.5. The van der Waals surface area contributed by atoms with Crippen LogP contribution in [0.1, 0.15) is 17.7 Å². The highest BCUT2D eigenvalue weighted by molar-refractivity contribution is 6.30. The SMILES string of the molecule is Cc1cc(Cl)cnc1C=CCC(N)=O. The van der Waals surface area contributed by atoms with Crippen LogP contribution in [0.25, 0.3) is 6.08 Å². The third-order valence-corrected chi connectivity index (χ3v) is 1.89. The van der Waals surface area contributed by atoms with E-state index < -0.39 is 0 Å². The summed E-state index contributed by atoms with van der Waals surface area (Å²) in [5.41, 5.74) is 6.76. The number of halogens is 1. The van der Waals surface area contributed by atoms with Gasteiger partial charge in [-0.05, 0) is 24.6 Å². The molecule has 0 aromatic carbocycles. The predicted molar refractivity (Wildman–Crippen MR) is 56.8 cm³/mol. The fourth-order valence-corrected chi connectivity index (χ4v) is 1.22. The van der Waals surface area contributed by atoms with E-state index in [9.17, 15) is 4.79 Å². The van der Waals surface area contributed by atoms with Crippen molar-refractivity contribution in [3.63, 3.8) is 0 Å². The normalized spacial score (nSPS) is 10.7. The van der Waals surface area contributed by atoms with E-state index in [4.69, 9.17) is 17.3 Å². The molecule has 2 N–H and O–H groups in total. The topological polar surface area (TPSA) is 56.0 Å². The van der Waals surface area contributed by atoms with Crippen molar-refractivity contribution in [3.05, 3.63) is 34.6 Å². The van der Waals surface area contributed by atoms with Crippen molar-refractivity contribution in [2.24, 2.45) is 5.73 Å². The van der Waals surface area contributed by atoms with E-state index in [0.717, 1.165) is 11.3 Å². The molecule has 0 aliphatic heterocycles. The molecule has 1 aromatic rings. The van der Waals surface area contributed by atoms with Crippen LogP contribution in [0.15, 0.2) is 18.3 Å². The highest BCUT2D eigenvalue weighted by Gasteiger charge is 1.96. The Labute approximate surface area is 87.6 Å². The van der Waals surface area contributed by atoms with E-state index in [1.807, 2.05) is 13.0 Å². The molecule has 0 radical (unpaired) electrons. The van der Waals surface area contributed by atoms with E-state index in [0.29, 0.717) is 5.02 Å². The minimum atomic E-state index is -0.354. The van der Waals surface area contributed by atoms with Gasteiger partial charge in [-0.2, -0.15) is 0 Å². The average Bonchev–Trinajstić information content (AvgIpc) is 2.08. The van der Waals surface area contributed by atoms with Gasteiger partial charge in [0.25, 0.3) is 0 Å². The first kappa shape index (κ1) is 10.7. The predicted octanol–water partition coefficient (Wildman–Crippen LogP) is 1.93. The largest absolute Gasteiger partial charge is 0.369 e. The highest BCUT2D eigenvalue weighted by atomic mass is 35.5. The van der Waals surface area contributed by atoms with E-state index >= 15 is 0 Å². The number of rotatable bonds is 3. The van der Waals surface area contributed by atoms with Crippen LogP contribution in [0.5, 0.6) is 0 Å². The number of hydrogen-bond acceptors (Lipinski definition) is 2. The van der Waals surface area contributed by atoms with Gasteiger partial charge in [-0.25, -0.2) is 0 Å². The van der Waals surface area contributed by atoms with Gasteiger partial charge < -0.3 is 5.73 Å². The van der Waals surface area contributed by atoms with Crippen molar-refractivity contribution < 1.29 is 4.79 Å². The number of aromatic nitrogens is 1. The van der Waals surface area contributed by atoms with Gasteiger partial charge in [0, 0.05) is 12.6 Å². The zero-order valence-electron chi connectivity index (χ0n) is 7.83. The lowest BCUT2D eigenvalue weighted by Crippen LogP contribution is -2.07. The van der Waals surface area contributed by atoms with Gasteiger partial charge in [-0.3, -0.25) is 9.78 Å². The van der Waals surface area contributed by atoms with Gasteiger partial charge in [-0.15, -0.1) is 0 Å². The number of nitrogens with zero attached hydrogens (tertiary/aromatic N) is 1. The minimum Gasteiger partial charge on any atom is -0.369 e. The van der Waals surface area contributed by atoms with Gasteiger partial charge in [0.15, 0.2) is 0 Å². The molecule has 1 heterocycles. The Hall–Kier alpha value is -1.35. The molecule has 3 nitrogen and oxygen atoms in total. The Kier molecular flexibility index (Phi) is 3.65. The quantitative estimate of drug-likeness (QED) is 0.829. The van der Waals surface area contributed by atoms with Crippen LogP contribution in [-0.4, -0.2) is 10.9 Å².